The predicted molar refractivity (Wildman–Crippen MR) is 72.9 cm³/mol. The molecule has 0 radical (unpaired) electrons. The summed E-state index contributed by atoms with van der Waals surface area (Å²) in [6.07, 6.45) is 0. The summed E-state index contributed by atoms with van der Waals surface area (Å²) in [5.74, 6) is -0.0501. The highest BCUT2D eigenvalue weighted by atomic mass is 32.2. The molecule has 1 rings (SSSR count). The number of alkyl halides is 3. The van der Waals surface area contributed by atoms with Gasteiger partial charge in [-0.25, -0.2) is 13.1 Å². The first-order valence-electron chi connectivity index (χ1n) is 5.68. The molecule has 20 heavy (non-hydrogen) atoms. The van der Waals surface area contributed by atoms with E-state index in [-0.39, 0.29) is 29.0 Å². The molecule has 0 aliphatic carbocycles. The lowest BCUT2D eigenvalue weighted by Gasteiger charge is -2.08. The van der Waals surface area contributed by atoms with Crippen molar-refractivity contribution in [3.05, 3.63) is 29.8 Å². The van der Waals surface area contributed by atoms with Crippen molar-refractivity contribution in [3.63, 3.8) is 0 Å². The molecule has 9 heteroatoms. The van der Waals surface area contributed by atoms with Gasteiger partial charge in [0.05, 0.1) is 5.75 Å². The summed E-state index contributed by atoms with van der Waals surface area (Å²) in [6.45, 7) is 0.665. The van der Waals surface area contributed by atoms with Crippen LogP contribution in [0.3, 0.4) is 0 Å². The molecule has 0 saturated heterocycles. The molecule has 0 heterocycles. The van der Waals surface area contributed by atoms with Crippen molar-refractivity contribution in [2.75, 3.05) is 19.3 Å². The molecule has 0 aliphatic rings. The zero-order valence-corrected chi connectivity index (χ0v) is 12.3. The number of rotatable bonds is 7. The third-order valence-electron chi connectivity index (χ3n) is 2.34. The maximum Gasteiger partial charge on any atom is 0.446 e. The summed E-state index contributed by atoms with van der Waals surface area (Å²) in [6, 6.07) is 5.93. The van der Waals surface area contributed by atoms with E-state index in [1.54, 1.807) is 12.1 Å². The maximum atomic E-state index is 12.1. The number of nitrogens with one attached hydrogen (secondary N) is 2. The monoisotopic (exact) mass is 328 g/mol. The standard InChI is InChI=1S/C11H15F3N2O2S2/c1-15-20(17,18)7-6-16-8-9-2-4-10(5-3-9)19-11(12,13)14/h2-5,15-16H,6-8H2,1H3. The molecule has 0 atom stereocenters. The van der Waals surface area contributed by atoms with Crippen LogP contribution in [0, 0.1) is 0 Å². The fourth-order valence-electron chi connectivity index (χ4n) is 1.35. The largest absolute Gasteiger partial charge is 0.446 e. The Morgan fingerprint density at radius 2 is 1.80 bits per heavy atom. The van der Waals surface area contributed by atoms with Gasteiger partial charge in [-0.2, -0.15) is 13.2 Å². The minimum atomic E-state index is -4.29. The highest BCUT2D eigenvalue weighted by Gasteiger charge is 2.28. The first-order valence-corrected chi connectivity index (χ1v) is 8.15. The summed E-state index contributed by atoms with van der Waals surface area (Å²) in [5.41, 5.74) is -3.50. The molecule has 0 unspecified atom stereocenters. The topological polar surface area (TPSA) is 58.2 Å². The summed E-state index contributed by atoms with van der Waals surface area (Å²) < 4.78 is 60.8. The van der Waals surface area contributed by atoms with Crippen LogP contribution in [0.5, 0.6) is 0 Å². The smallest absolute Gasteiger partial charge is 0.312 e. The zero-order chi connectivity index (χ0) is 15.2. The van der Waals surface area contributed by atoms with Gasteiger partial charge in [0.25, 0.3) is 0 Å². The molecular formula is C11H15F3N2O2S2. The Bertz CT molecular complexity index is 515. The van der Waals surface area contributed by atoms with Gasteiger partial charge < -0.3 is 5.32 Å². The maximum absolute atomic E-state index is 12.1. The normalized spacial score (nSPS) is 12.6. The summed E-state index contributed by atoms with van der Waals surface area (Å²) in [7, 11) is -1.90. The summed E-state index contributed by atoms with van der Waals surface area (Å²) in [5, 5.41) is 2.91. The Balaban J connectivity index is 2.39. The Morgan fingerprint density at radius 3 is 2.30 bits per heavy atom. The van der Waals surface area contributed by atoms with Gasteiger partial charge in [-0.05, 0) is 36.5 Å². The van der Waals surface area contributed by atoms with Crippen molar-refractivity contribution in [1.29, 1.82) is 0 Å². The van der Waals surface area contributed by atoms with E-state index in [2.05, 4.69) is 10.0 Å². The Morgan fingerprint density at radius 1 is 1.20 bits per heavy atom. The quantitative estimate of drug-likeness (QED) is 0.593. The van der Waals surface area contributed by atoms with Gasteiger partial charge in [-0.15, -0.1) is 0 Å². The lowest BCUT2D eigenvalue weighted by Crippen LogP contribution is -2.29. The van der Waals surface area contributed by atoms with Crippen LogP contribution in [-0.4, -0.2) is 33.3 Å². The molecule has 0 bridgehead atoms. The first-order chi connectivity index (χ1) is 9.22. The molecule has 114 valence electrons. The number of halogens is 3. The summed E-state index contributed by atoms with van der Waals surface area (Å²) in [4.78, 5) is 0.124. The molecular weight excluding hydrogens is 313 g/mol. The van der Waals surface area contributed by atoms with Crippen LogP contribution >= 0.6 is 11.8 Å². The van der Waals surface area contributed by atoms with E-state index in [0.717, 1.165) is 5.56 Å². The average molecular weight is 328 g/mol. The van der Waals surface area contributed by atoms with E-state index < -0.39 is 15.5 Å². The van der Waals surface area contributed by atoms with Gasteiger partial charge in [-0.3, -0.25) is 0 Å². The molecule has 0 aromatic heterocycles. The van der Waals surface area contributed by atoms with Gasteiger partial charge in [-0.1, -0.05) is 12.1 Å². The van der Waals surface area contributed by atoms with Crippen LogP contribution in [0.2, 0.25) is 0 Å². The van der Waals surface area contributed by atoms with Crippen molar-refractivity contribution >= 4 is 21.8 Å². The second-order valence-corrected chi connectivity index (χ2v) is 7.08. The van der Waals surface area contributed by atoms with Crippen LogP contribution < -0.4 is 10.0 Å². The van der Waals surface area contributed by atoms with E-state index in [4.69, 9.17) is 0 Å². The SMILES string of the molecule is CNS(=O)(=O)CCNCc1ccc(SC(F)(F)F)cc1. The molecule has 0 amide bonds. The number of sulfonamides is 1. The van der Waals surface area contributed by atoms with Crippen LogP contribution in [0.25, 0.3) is 0 Å². The number of thioether (sulfide) groups is 1. The van der Waals surface area contributed by atoms with E-state index in [0.29, 0.717) is 6.54 Å². The molecule has 4 nitrogen and oxygen atoms in total. The van der Waals surface area contributed by atoms with Gasteiger partial charge in [0, 0.05) is 18.0 Å². The second-order valence-electron chi connectivity index (χ2n) is 3.89. The number of hydrogen-bond acceptors (Lipinski definition) is 4. The lowest BCUT2D eigenvalue weighted by molar-refractivity contribution is -0.0328. The fraction of sp³-hybridized carbons (Fsp3) is 0.455. The van der Waals surface area contributed by atoms with Crippen molar-refractivity contribution in [2.24, 2.45) is 0 Å². The predicted octanol–water partition coefficient (Wildman–Crippen LogP) is 1.94. The number of benzene rings is 1. The minimum absolute atomic E-state index is 0.0501. The average Bonchev–Trinajstić information content (AvgIpc) is 2.35. The molecule has 0 aliphatic heterocycles. The summed E-state index contributed by atoms with van der Waals surface area (Å²) >= 11 is -0.164. The zero-order valence-electron chi connectivity index (χ0n) is 10.7. The van der Waals surface area contributed by atoms with Crippen LogP contribution in [0.15, 0.2) is 29.2 Å². The Kier molecular flexibility index (Phi) is 6.31. The van der Waals surface area contributed by atoms with Crippen LogP contribution in [-0.2, 0) is 16.6 Å². The van der Waals surface area contributed by atoms with Crippen molar-refractivity contribution in [1.82, 2.24) is 10.0 Å². The third-order valence-corrected chi connectivity index (χ3v) is 4.45. The van der Waals surface area contributed by atoms with Crippen molar-refractivity contribution in [3.8, 4) is 0 Å². The minimum Gasteiger partial charge on any atom is -0.312 e. The van der Waals surface area contributed by atoms with Gasteiger partial charge in [0.1, 0.15) is 0 Å². The number of hydrogen-bond donors (Lipinski definition) is 2. The van der Waals surface area contributed by atoms with Crippen molar-refractivity contribution in [2.45, 2.75) is 16.9 Å². The third kappa shape index (κ3) is 7.13. The molecule has 1 aromatic rings. The molecule has 0 fully saturated rings. The molecule has 1 aromatic carbocycles. The van der Waals surface area contributed by atoms with Gasteiger partial charge in [0.2, 0.25) is 10.0 Å². The fourth-order valence-corrected chi connectivity index (χ4v) is 2.51. The van der Waals surface area contributed by atoms with E-state index >= 15 is 0 Å². The van der Waals surface area contributed by atoms with Crippen LogP contribution in [0.4, 0.5) is 13.2 Å². The molecule has 0 spiro atoms. The lowest BCUT2D eigenvalue weighted by atomic mass is 10.2. The molecule has 2 N–H and O–H groups in total. The van der Waals surface area contributed by atoms with Crippen LogP contribution in [0.1, 0.15) is 5.56 Å². The highest BCUT2D eigenvalue weighted by Crippen LogP contribution is 2.36. The Hall–Kier alpha value is -0.770. The van der Waals surface area contributed by atoms with Gasteiger partial charge >= 0.3 is 5.51 Å². The van der Waals surface area contributed by atoms with Crippen molar-refractivity contribution < 1.29 is 21.6 Å². The highest BCUT2D eigenvalue weighted by molar-refractivity contribution is 8.00. The van der Waals surface area contributed by atoms with Gasteiger partial charge in [0.15, 0.2) is 0 Å². The van der Waals surface area contributed by atoms with E-state index in [1.807, 2.05) is 0 Å². The Labute approximate surface area is 120 Å². The molecule has 0 saturated carbocycles. The first kappa shape index (κ1) is 17.3. The van der Waals surface area contributed by atoms with E-state index in [9.17, 15) is 21.6 Å². The van der Waals surface area contributed by atoms with E-state index in [1.165, 1.54) is 19.2 Å². The second kappa shape index (κ2) is 7.30.